The average molecular weight is 414 g/mol. The van der Waals surface area contributed by atoms with E-state index in [4.69, 9.17) is 16.3 Å². The molecule has 0 radical (unpaired) electrons. The number of anilines is 2. The van der Waals surface area contributed by atoms with Gasteiger partial charge in [0.15, 0.2) is 0 Å². The fraction of sp³-hybridized carbons (Fsp3) is 0.273. The maximum atomic E-state index is 12.8. The van der Waals surface area contributed by atoms with Gasteiger partial charge in [-0.3, -0.25) is 10.2 Å². The van der Waals surface area contributed by atoms with Crippen molar-refractivity contribution in [2.24, 2.45) is 0 Å². The van der Waals surface area contributed by atoms with Crippen molar-refractivity contribution in [2.75, 3.05) is 10.4 Å². The minimum Gasteiger partial charge on any atom is -0.442 e. The van der Waals surface area contributed by atoms with Crippen LogP contribution < -0.4 is 16.0 Å². The van der Waals surface area contributed by atoms with E-state index in [0.29, 0.717) is 22.9 Å². The number of fused-ring (bicyclic) bond motifs is 1. The number of carbonyl (C=O) groups excluding carboxylic acids is 1. The number of hydrogen-bond donors (Lipinski definition) is 1. The lowest BCUT2D eigenvalue weighted by Gasteiger charge is -2.28. The van der Waals surface area contributed by atoms with E-state index >= 15 is 0 Å². The number of hydrazine groups is 1. The Morgan fingerprint density at radius 2 is 1.83 bits per heavy atom. The number of nitrogens with one attached hydrogen (secondary N) is 1. The van der Waals surface area contributed by atoms with E-state index in [2.05, 4.69) is 5.43 Å². The van der Waals surface area contributed by atoms with E-state index in [9.17, 15) is 9.59 Å². The van der Waals surface area contributed by atoms with Crippen LogP contribution in [-0.4, -0.2) is 16.3 Å². The van der Waals surface area contributed by atoms with Gasteiger partial charge in [-0.2, -0.15) is 5.01 Å². The summed E-state index contributed by atoms with van der Waals surface area (Å²) in [5.41, 5.74) is 4.31. The van der Waals surface area contributed by atoms with Crippen LogP contribution >= 0.6 is 11.6 Å². The van der Waals surface area contributed by atoms with Crippen molar-refractivity contribution in [2.45, 2.75) is 39.8 Å². The monoisotopic (exact) mass is 413 g/mol. The van der Waals surface area contributed by atoms with Crippen molar-refractivity contribution < 1.29 is 9.53 Å². The van der Waals surface area contributed by atoms with Crippen LogP contribution in [0, 0.1) is 0 Å². The highest BCUT2D eigenvalue weighted by molar-refractivity contribution is 6.35. The summed E-state index contributed by atoms with van der Waals surface area (Å²) < 4.78 is 7.19. The van der Waals surface area contributed by atoms with E-state index in [-0.39, 0.29) is 5.56 Å². The van der Waals surface area contributed by atoms with Gasteiger partial charge in [0.1, 0.15) is 5.60 Å². The Morgan fingerprint density at radius 1 is 1.14 bits per heavy atom. The lowest BCUT2D eigenvalue weighted by atomic mass is 10.2. The predicted molar refractivity (Wildman–Crippen MR) is 118 cm³/mol. The largest absolute Gasteiger partial charge is 0.442 e. The zero-order valence-electron chi connectivity index (χ0n) is 16.9. The molecule has 0 aliphatic carbocycles. The first-order valence-electron chi connectivity index (χ1n) is 9.37. The smallest absolute Gasteiger partial charge is 0.433 e. The Balaban J connectivity index is 2.02. The fourth-order valence-corrected chi connectivity index (χ4v) is 3.22. The van der Waals surface area contributed by atoms with Gasteiger partial charge < -0.3 is 9.30 Å². The first-order chi connectivity index (χ1) is 13.7. The van der Waals surface area contributed by atoms with Crippen molar-refractivity contribution in [1.29, 1.82) is 0 Å². The molecule has 3 rings (SSSR count). The summed E-state index contributed by atoms with van der Waals surface area (Å²) in [5.74, 6) is 0. The fourth-order valence-electron chi connectivity index (χ4n) is 2.97. The second-order valence-electron chi connectivity index (χ2n) is 7.57. The van der Waals surface area contributed by atoms with Crippen LogP contribution in [0.1, 0.15) is 27.7 Å². The normalized spacial score (nSPS) is 11.3. The van der Waals surface area contributed by atoms with Crippen molar-refractivity contribution in [3.8, 4) is 0 Å². The number of aryl methyl sites for hydroxylation is 1. The number of pyridine rings is 1. The molecule has 0 bridgehead atoms. The van der Waals surface area contributed by atoms with Gasteiger partial charge in [0, 0.05) is 18.0 Å². The third kappa shape index (κ3) is 4.71. The Labute approximate surface area is 174 Å². The molecule has 0 saturated carbocycles. The van der Waals surface area contributed by atoms with Crippen molar-refractivity contribution in [3.05, 3.63) is 70.0 Å². The van der Waals surface area contributed by atoms with Crippen molar-refractivity contribution in [1.82, 2.24) is 4.57 Å². The Hall–Kier alpha value is -2.99. The molecule has 6 nitrogen and oxygen atoms in total. The molecule has 0 fully saturated rings. The lowest BCUT2D eigenvalue weighted by Crippen LogP contribution is -2.40. The van der Waals surface area contributed by atoms with Gasteiger partial charge in [0.25, 0.3) is 5.56 Å². The molecule has 152 valence electrons. The third-order valence-corrected chi connectivity index (χ3v) is 4.52. The van der Waals surface area contributed by atoms with Crippen LogP contribution in [0.25, 0.3) is 10.9 Å². The number of benzene rings is 2. The molecule has 3 aromatic rings. The van der Waals surface area contributed by atoms with Gasteiger partial charge in [0.05, 0.1) is 21.9 Å². The minimum absolute atomic E-state index is 0.148. The minimum atomic E-state index is -0.643. The first-order valence-corrected chi connectivity index (χ1v) is 9.75. The zero-order chi connectivity index (χ0) is 21.2. The molecule has 1 amide bonds. The van der Waals surface area contributed by atoms with Gasteiger partial charge in [-0.05, 0) is 58.0 Å². The third-order valence-electron chi connectivity index (χ3n) is 4.21. The number of carbonyl (C=O) groups is 1. The van der Waals surface area contributed by atoms with Crippen LogP contribution in [0.4, 0.5) is 16.2 Å². The molecule has 2 aromatic carbocycles. The molecule has 0 unspecified atom stereocenters. The topological polar surface area (TPSA) is 63.6 Å². The Bertz CT molecular complexity index is 1090. The quantitative estimate of drug-likeness (QED) is 0.578. The van der Waals surface area contributed by atoms with Gasteiger partial charge >= 0.3 is 6.09 Å². The zero-order valence-corrected chi connectivity index (χ0v) is 17.7. The second kappa shape index (κ2) is 8.17. The molecule has 7 heteroatoms. The molecule has 1 aromatic heterocycles. The summed E-state index contributed by atoms with van der Waals surface area (Å²) >= 11 is 6.32. The maximum absolute atomic E-state index is 12.8. The van der Waals surface area contributed by atoms with Crippen LogP contribution in [0.2, 0.25) is 5.02 Å². The molecule has 0 atom stereocenters. The van der Waals surface area contributed by atoms with E-state index in [1.165, 1.54) is 11.1 Å². The SMILES string of the molecule is CCn1c(=O)cc(Cl)c2cc(NN(C(=O)OC(C)(C)C)c3ccccc3)ccc21. The van der Waals surface area contributed by atoms with Gasteiger partial charge in [-0.25, -0.2) is 4.79 Å². The summed E-state index contributed by atoms with van der Waals surface area (Å²) in [4.78, 5) is 25.0. The van der Waals surface area contributed by atoms with Gasteiger partial charge in [-0.1, -0.05) is 29.8 Å². The maximum Gasteiger partial charge on any atom is 0.433 e. The molecule has 0 aliphatic rings. The highest BCUT2D eigenvalue weighted by Gasteiger charge is 2.24. The van der Waals surface area contributed by atoms with Crippen LogP contribution in [0.3, 0.4) is 0 Å². The Morgan fingerprint density at radius 3 is 2.45 bits per heavy atom. The number of halogens is 1. The van der Waals surface area contributed by atoms with E-state index in [1.54, 1.807) is 22.8 Å². The van der Waals surface area contributed by atoms with Gasteiger partial charge in [0.2, 0.25) is 0 Å². The number of para-hydroxylation sites is 1. The molecule has 1 N–H and O–H groups in total. The number of hydrogen-bond acceptors (Lipinski definition) is 4. The number of amides is 1. The molecule has 0 aliphatic heterocycles. The number of nitrogens with zero attached hydrogens (tertiary/aromatic N) is 2. The van der Waals surface area contributed by atoms with Crippen molar-refractivity contribution >= 4 is 40.0 Å². The second-order valence-corrected chi connectivity index (χ2v) is 7.98. The predicted octanol–water partition coefficient (Wildman–Crippen LogP) is 5.44. The molecule has 29 heavy (non-hydrogen) atoms. The van der Waals surface area contributed by atoms with E-state index in [1.807, 2.05) is 58.0 Å². The molecular formula is C22H24ClN3O3. The summed E-state index contributed by atoms with van der Waals surface area (Å²) in [6.45, 7) is 7.88. The molecule has 0 spiro atoms. The molecule has 0 saturated heterocycles. The van der Waals surface area contributed by atoms with E-state index < -0.39 is 11.7 Å². The first kappa shape index (κ1) is 20.7. The highest BCUT2D eigenvalue weighted by atomic mass is 35.5. The summed E-state index contributed by atoms with van der Waals surface area (Å²) in [7, 11) is 0. The molecular weight excluding hydrogens is 390 g/mol. The number of rotatable bonds is 4. The number of ether oxygens (including phenoxy) is 1. The average Bonchev–Trinajstić information content (AvgIpc) is 2.66. The van der Waals surface area contributed by atoms with Gasteiger partial charge in [-0.15, -0.1) is 0 Å². The number of aromatic nitrogens is 1. The molecule has 1 heterocycles. The summed E-state index contributed by atoms with van der Waals surface area (Å²) in [6.07, 6.45) is -0.534. The summed E-state index contributed by atoms with van der Waals surface area (Å²) in [5, 5.41) is 2.42. The standard InChI is InChI=1S/C22H24ClN3O3/c1-5-25-19-12-11-15(13-17(19)18(23)14-20(25)27)24-26(16-9-7-6-8-10-16)21(28)29-22(2,3)4/h6-14,24H,5H2,1-4H3. The Kier molecular flexibility index (Phi) is 5.84. The van der Waals surface area contributed by atoms with Crippen LogP contribution in [0.15, 0.2) is 59.4 Å². The van der Waals surface area contributed by atoms with E-state index in [0.717, 1.165) is 10.9 Å². The van der Waals surface area contributed by atoms with Crippen LogP contribution in [-0.2, 0) is 11.3 Å². The highest BCUT2D eigenvalue weighted by Crippen LogP contribution is 2.27. The lowest BCUT2D eigenvalue weighted by molar-refractivity contribution is 0.0589. The summed E-state index contributed by atoms with van der Waals surface area (Å²) in [6, 6.07) is 16.0. The van der Waals surface area contributed by atoms with Crippen molar-refractivity contribution in [3.63, 3.8) is 0 Å². The van der Waals surface area contributed by atoms with Crippen LogP contribution in [0.5, 0.6) is 0 Å².